The summed E-state index contributed by atoms with van der Waals surface area (Å²) in [4.78, 5) is 2.12. The molecule has 17 heavy (non-hydrogen) atoms. The summed E-state index contributed by atoms with van der Waals surface area (Å²) in [5.74, 6) is 0. The molecule has 1 saturated heterocycles. The van der Waals surface area contributed by atoms with Crippen LogP contribution in [0.15, 0.2) is 35.2 Å². The van der Waals surface area contributed by atoms with Gasteiger partial charge >= 0.3 is 0 Å². The Morgan fingerprint density at radius 3 is 2.35 bits per heavy atom. The molecule has 0 unspecified atom stereocenters. The molecular weight excluding hydrogens is 256 g/mol. The normalized spacial score (nSPS) is 15.9. The van der Waals surface area contributed by atoms with Gasteiger partial charge in [-0.25, -0.2) is 8.42 Å². The average molecular weight is 270 g/mol. The number of thiocarbonyl (C=S) groups is 1. The summed E-state index contributed by atoms with van der Waals surface area (Å²) < 4.78 is 26.4. The Balaban J connectivity index is 2.10. The van der Waals surface area contributed by atoms with Crippen LogP contribution in [-0.2, 0) is 10.0 Å². The maximum Gasteiger partial charge on any atom is 0.263 e. The second-order valence-corrected chi connectivity index (χ2v) is 5.99. The molecule has 1 aliphatic heterocycles. The number of hydrogen-bond donors (Lipinski definition) is 1. The van der Waals surface area contributed by atoms with E-state index in [1.165, 1.54) is 0 Å². The van der Waals surface area contributed by atoms with E-state index < -0.39 is 10.0 Å². The van der Waals surface area contributed by atoms with Crippen molar-refractivity contribution in [3.63, 3.8) is 0 Å². The molecule has 1 aromatic rings. The zero-order chi connectivity index (χ0) is 12.3. The number of benzene rings is 1. The van der Waals surface area contributed by atoms with Gasteiger partial charge in [0.1, 0.15) is 0 Å². The van der Waals surface area contributed by atoms with Crippen molar-refractivity contribution in [2.75, 3.05) is 13.1 Å². The summed E-state index contributed by atoms with van der Waals surface area (Å²) in [7, 11) is -3.53. The summed E-state index contributed by atoms with van der Waals surface area (Å²) >= 11 is 5.10. The third-order valence-corrected chi connectivity index (χ3v) is 4.51. The van der Waals surface area contributed by atoms with Crippen LogP contribution < -0.4 is 4.72 Å². The van der Waals surface area contributed by atoms with E-state index in [2.05, 4.69) is 4.72 Å². The SMILES string of the molecule is O=S(=O)(NC(=S)N1CCCC1)c1ccccc1. The van der Waals surface area contributed by atoms with E-state index in [1.807, 2.05) is 4.90 Å². The lowest BCUT2D eigenvalue weighted by atomic mass is 10.4. The maximum atomic E-state index is 12.0. The first-order chi connectivity index (χ1) is 8.09. The summed E-state index contributed by atoms with van der Waals surface area (Å²) in [6.45, 7) is 1.66. The van der Waals surface area contributed by atoms with Crippen molar-refractivity contribution in [3.05, 3.63) is 30.3 Å². The number of nitrogens with zero attached hydrogens (tertiary/aromatic N) is 1. The van der Waals surface area contributed by atoms with Crippen LogP contribution in [0.3, 0.4) is 0 Å². The summed E-state index contributed by atoms with van der Waals surface area (Å²) in [5, 5.41) is 0.298. The molecule has 1 aliphatic rings. The molecule has 1 fully saturated rings. The van der Waals surface area contributed by atoms with Gasteiger partial charge in [-0.1, -0.05) is 18.2 Å². The van der Waals surface area contributed by atoms with Gasteiger partial charge in [0.15, 0.2) is 5.11 Å². The Morgan fingerprint density at radius 2 is 1.76 bits per heavy atom. The minimum Gasteiger partial charge on any atom is -0.348 e. The van der Waals surface area contributed by atoms with Crippen LogP contribution >= 0.6 is 12.2 Å². The van der Waals surface area contributed by atoms with E-state index >= 15 is 0 Å². The molecule has 6 heteroatoms. The van der Waals surface area contributed by atoms with E-state index in [4.69, 9.17) is 12.2 Å². The van der Waals surface area contributed by atoms with Crippen molar-refractivity contribution >= 4 is 27.4 Å². The second-order valence-electron chi connectivity index (χ2n) is 3.92. The fourth-order valence-electron chi connectivity index (χ4n) is 1.76. The number of likely N-dealkylation sites (tertiary alicyclic amines) is 1. The van der Waals surface area contributed by atoms with Crippen LogP contribution in [0, 0.1) is 0 Å². The van der Waals surface area contributed by atoms with Crippen molar-refractivity contribution in [3.8, 4) is 0 Å². The fourth-order valence-corrected chi connectivity index (χ4v) is 3.26. The molecule has 0 radical (unpaired) electrons. The van der Waals surface area contributed by atoms with Crippen molar-refractivity contribution in [1.82, 2.24) is 9.62 Å². The number of rotatable bonds is 2. The largest absolute Gasteiger partial charge is 0.348 e. The van der Waals surface area contributed by atoms with Crippen molar-refractivity contribution in [1.29, 1.82) is 0 Å². The highest BCUT2D eigenvalue weighted by atomic mass is 32.2. The molecule has 1 aromatic carbocycles. The van der Waals surface area contributed by atoms with E-state index in [1.54, 1.807) is 30.3 Å². The smallest absolute Gasteiger partial charge is 0.263 e. The zero-order valence-corrected chi connectivity index (χ0v) is 10.9. The fraction of sp³-hybridized carbons (Fsp3) is 0.364. The van der Waals surface area contributed by atoms with Crippen molar-refractivity contribution < 1.29 is 8.42 Å². The van der Waals surface area contributed by atoms with E-state index in [0.717, 1.165) is 25.9 Å². The second kappa shape index (κ2) is 5.01. The molecule has 0 aliphatic carbocycles. The highest BCUT2D eigenvalue weighted by Gasteiger charge is 2.20. The number of nitrogens with one attached hydrogen (secondary N) is 1. The van der Waals surface area contributed by atoms with E-state index in [9.17, 15) is 8.42 Å². The van der Waals surface area contributed by atoms with Gasteiger partial charge in [0, 0.05) is 13.1 Å². The quantitative estimate of drug-likeness (QED) is 0.824. The van der Waals surface area contributed by atoms with Gasteiger partial charge < -0.3 is 4.90 Å². The van der Waals surface area contributed by atoms with Crippen LogP contribution in [0.1, 0.15) is 12.8 Å². The summed E-state index contributed by atoms with van der Waals surface area (Å²) in [6, 6.07) is 8.25. The molecule has 1 N–H and O–H groups in total. The lowest BCUT2D eigenvalue weighted by Gasteiger charge is -2.19. The first-order valence-electron chi connectivity index (χ1n) is 5.46. The first-order valence-corrected chi connectivity index (χ1v) is 7.35. The minimum atomic E-state index is -3.53. The molecule has 4 nitrogen and oxygen atoms in total. The third-order valence-electron chi connectivity index (χ3n) is 2.67. The zero-order valence-electron chi connectivity index (χ0n) is 9.30. The van der Waals surface area contributed by atoms with Crippen LogP contribution in [-0.4, -0.2) is 31.5 Å². The Bertz CT molecular complexity index is 493. The van der Waals surface area contributed by atoms with Crippen LogP contribution in [0.2, 0.25) is 0 Å². The van der Waals surface area contributed by atoms with Crippen LogP contribution in [0.5, 0.6) is 0 Å². The summed E-state index contributed by atoms with van der Waals surface area (Å²) in [5.41, 5.74) is 0. The van der Waals surface area contributed by atoms with Crippen LogP contribution in [0.4, 0.5) is 0 Å². The highest BCUT2D eigenvalue weighted by molar-refractivity contribution is 7.91. The molecule has 0 saturated carbocycles. The van der Waals surface area contributed by atoms with Crippen LogP contribution in [0.25, 0.3) is 0 Å². The van der Waals surface area contributed by atoms with E-state index in [-0.39, 0.29) is 4.90 Å². The predicted octanol–water partition coefficient (Wildman–Crippen LogP) is 1.35. The maximum absolute atomic E-state index is 12.0. The van der Waals surface area contributed by atoms with Crippen molar-refractivity contribution in [2.24, 2.45) is 0 Å². The molecule has 92 valence electrons. The van der Waals surface area contributed by atoms with Gasteiger partial charge in [-0.2, -0.15) is 0 Å². The molecule has 0 amide bonds. The minimum absolute atomic E-state index is 0.238. The first kappa shape index (κ1) is 12.3. The van der Waals surface area contributed by atoms with Gasteiger partial charge in [0.2, 0.25) is 0 Å². The van der Waals surface area contributed by atoms with Gasteiger partial charge in [-0.15, -0.1) is 0 Å². The number of sulfonamides is 1. The number of hydrogen-bond acceptors (Lipinski definition) is 3. The monoisotopic (exact) mass is 270 g/mol. The Hall–Kier alpha value is -1.14. The average Bonchev–Trinajstić information content (AvgIpc) is 2.83. The molecule has 0 aromatic heterocycles. The molecule has 2 rings (SSSR count). The van der Waals surface area contributed by atoms with Gasteiger partial charge in [-0.05, 0) is 37.2 Å². The molecular formula is C11H14N2O2S2. The predicted molar refractivity (Wildman–Crippen MR) is 70.2 cm³/mol. The van der Waals surface area contributed by atoms with Gasteiger partial charge in [0.05, 0.1) is 4.90 Å². The lowest BCUT2D eigenvalue weighted by Crippen LogP contribution is -2.40. The molecule has 1 heterocycles. The lowest BCUT2D eigenvalue weighted by molar-refractivity contribution is 0.514. The van der Waals surface area contributed by atoms with Gasteiger partial charge in [-0.3, -0.25) is 4.72 Å². The molecule has 0 spiro atoms. The highest BCUT2D eigenvalue weighted by Crippen LogP contribution is 2.11. The Labute approximate surface area is 107 Å². The molecule has 0 atom stereocenters. The summed E-state index contributed by atoms with van der Waals surface area (Å²) in [6.07, 6.45) is 2.13. The third kappa shape index (κ3) is 2.95. The van der Waals surface area contributed by atoms with Crippen molar-refractivity contribution in [2.45, 2.75) is 17.7 Å². The Morgan fingerprint density at radius 1 is 1.18 bits per heavy atom. The molecule has 0 bridgehead atoms. The Kier molecular flexibility index (Phi) is 3.63. The standard InChI is InChI=1S/C11H14N2O2S2/c14-17(15,10-6-2-1-3-7-10)12-11(16)13-8-4-5-9-13/h1-3,6-7H,4-5,8-9H2,(H,12,16). The topological polar surface area (TPSA) is 49.4 Å². The van der Waals surface area contributed by atoms with Gasteiger partial charge in [0.25, 0.3) is 10.0 Å². The van der Waals surface area contributed by atoms with E-state index in [0.29, 0.717) is 5.11 Å².